The number of nitrogens with zero attached hydrogens (tertiary/aromatic N) is 1. The van der Waals surface area contributed by atoms with E-state index >= 15 is 0 Å². The molecule has 0 saturated heterocycles. The summed E-state index contributed by atoms with van der Waals surface area (Å²) in [5.41, 5.74) is 2.30. The minimum Gasteiger partial charge on any atom is -0.480 e. The van der Waals surface area contributed by atoms with Crippen molar-refractivity contribution in [2.24, 2.45) is 0 Å². The van der Waals surface area contributed by atoms with Gasteiger partial charge in [-0.1, -0.05) is 48.0 Å². The molecule has 0 radical (unpaired) electrons. The molecule has 0 aliphatic heterocycles. The Hall–Kier alpha value is -1.78. The van der Waals surface area contributed by atoms with E-state index in [0.29, 0.717) is 6.54 Å². The van der Waals surface area contributed by atoms with Gasteiger partial charge in [0.1, 0.15) is 6.54 Å². The summed E-state index contributed by atoms with van der Waals surface area (Å²) in [6.45, 7) is 2.65. The Balaban J connectivity index is 2.07. The highest BCUT2D eigenvalue weighted by Crippen LogP contribution is 2.24. The number of carbonyl (C=O) groups is 1. The highest BCUT2D eigenvalue weighted by atomic mass is 32.2. The number of hydrogen-bond acceptors (Lipinski definition) is 3. The fraction of sp³-hybridized carbons (Fsp3) is 0.188. The zero-order valence-electron chi connectivity index (χ0n) is 11.3. The van der Waals surface area contributed by atoms with Gasteiger partial charge in [-0.25, -0.2) is 4.31 Å². The lowest BCUT2D eigenvalue weighted by atomic mass is 10.2. The number of aryl methyl sites for hydroxylation is 1. The molecule has 104 valence electrons. The summed E-state index contributed by atoms with van der Waals surface area (Å²) < 4.78 is 1.85. The smallest absolute Gasteiger partial charge is 0.318 e. The van der Waals surface area contributed by atoms with Crippen LogP contribution in [0.4, 0.5) is 0 Å². The molecule has 0 aliphatic rings. The van der Waals surface area contributed by atoms with Gasteiger partial charge in [-0.05, 0) is 36.6 Å². The van der Waals surface area contributed by atoms with Gasteiger partial charge in [-0.2, -0.15) is 0 Å². The van der Waals surface area contributed by atoms with Crippen molar-refractivity contribution in [3.8, 4) is 0 Å². The SMILES string of the molecule is Cc1ccc(SN(CC(=O)O)Cc2ccccc2)cc1. The van der Waals surface area contributed by atoms with Gasteiger partial charge in [0.2, 0.25) is 0 Å². The third-order valence-electron chi connectivity index (χ3n) is 2.77. The predicted molar refractivity (Wildman–Crippen MR) is 81.5 cm³/mol. The maximum absolute atomic E-state index is 11.0. The molecule has 0 saturated carbocycles. The zero-order chi connectivity index (χ0) is 14.4. The number of carboxylic acids is 1. The summed E-state index contributed by atoms with van der Waals surface area (Å²) in [4.78, 5) is 12.0. The first kappa shape index (κ1) is 14.6. The molecule has 1 N–H and O–H groups in total. The van der Waals surface area contributed by atoms with Crippen LogP contribution in [0.15, 0.2) is 59.5 Å². The Morgan fingerprint density at radius 3 is 2.35 bits per heavy atom. The summed E-state index contributed by atoms with van der Waals surface area (Å²) >= 11 is 1.47. The predicted octanol–water partition coefficient (Wildman–Crippen LogP) is 3.59. The highest BCUT2D eigenvalue weighted by molar-refractivity contribution is 7.97. The molecule has 4 heteroatoms. The molecule has 0 bridgehead atoms. The first-order valence-corrected chi connectivity index (χ1v) is 7.16. The van der Waals surface area contributed by atoms with Crippen LogP contribution < -0.4 is 0 Å². The molecule has 0 spiro atoms. The first-order valence-electron chi connectivity index (χ1n) is 6.39. The molecule has 2 aromatic carbocycles. The molecule has 2 aromatic rings. The number of rotatable bonds is 6. The number of aliphatic carboxylic acids is 1. The minimum absolute atomic E-state index is 0.00738. The first-order chi connectivity index (χ1) is 9.63. The van der Waals surface area contributed by atoms with Gasteiger partial charge in [0.25, 0.3) is 0 Å². The molecule has 2 rings (SSSR count). The van der Waals surface area contributed by atoms with E-state index in [2.05, 4.69) is 0 Å². The second-order valence-corrected chi connectivity index (χ2v) is 5.75. The summed E-state index contributed by atoms with van der Waals surface area (Å²) in [6.07, 6.45) is 0. The number of carboxylic acid groups (broad SMARTS) is 1. The van der Waals surface area contributed by atoms with Crippen LogP contribution in [-0.4, -0.2) is 21.9 Å². The molecular weight excluding hydrogens is 270 g/mol. The van der Waals surface area contributed by atoms with Gasteiger partial charge in [0.05, 0.1) is 0 Å². The molecule has 0 fully saturated rings. The van der Waals surface area contributed by atoms with E-state index in [1.54, 1.807) is 0 Å². The van der Waals surface area contributed by atoms with E-state index in [1.165, 1.54) is 17.5 Å². The largest absolute Gasteiger partial charge is 0.480 e. The third kappa shape index (κ3) is 4.72. The minimum atomic E-state index is -0.819. The number of benzene rings is 2. The summed E-state index contributed by atoms with van der Waals surface area (Å²) in [6, 6.07) is 18.0. The van der Waals surface area contributed by atoms with Crippen molar-refractivity contribution in [1.82, 2.24) is 4.31 Å². The van der Waals surface area contributed by atoms with Crippen LogP contribution in [0.1, 0.15) is 11.1 Å². The average Bonchev–Trinajstić information content (AvgIpc) is 2.42. The highest BCUT2D eigenvalue weighted by Gasteiger charge is 2.12. The van der Waals surface area contributed by atoms with E-state index in [1.807, 2.05) is 65.8 Å². The van der Waals surface area contributed by atoms with Gasteiger partial charge in [0, 0.05) is 11.4 Å². The molecule has 0 atom stereocenters. The van der Waals surface area contributed by atoms with Crippen LogP contribution in [0.5, 0.6) is 0 Å². The second kappa shape index (κ2) is 7.12. The maximum atomic E-state index is 11.0. The monoisotopic (exact) mass is 287 g/mol. The van der Waals surface area contributed by atoms with E-state index in [0.717, 1.165) is 10.5 Å². The van der Waals surface area contributed by atoms with Crippen molar-refractivity contribution in [1.29, 1.82) is 0 Å². The molecule has 0 heterocycles. The fourth-order valence-corrected chi connectivity index (χ4v) is 2.75. The zero-order valence-corrected chi connectivity index (χ0v) is 12.1. The lowest BCUT2D eigenvalue weighted by Gasteiger charge is -2.19. The average molecular weight is 287 g/mol. The van der Waals surface area contributed by atoms with Crippen LogP contribution in [-0.2, 0) is 11.3 Å². The maximum Gasteiger partial charge on any atom is 0.318 e. The van der Waals surface area contributed by atoms with Crippen LogP contribution in [0, 0.1) is 6.92 Å². The second-order valence-electron chi connectivity index (χ2n) is 4.58. The van der Waals surface area contributed by atoms with Gasteiger partial charge in [-0.15, -0.1) is 0 Å². The van der Waals surface area contributed by atoms with Crippen LogP contribution in [0.3, 0.4) is 0 Å². The summed E-state index contributed by atoms with van der Waals surface area (Å²) in [7, 11) is 0. The van der Waals surface area contributed by atoms with Crippen molar-refractivity contribution in [3.63, 3.8) is 0 Å². The Labute approximate surface area is 123 Å². The molecule has 0 aliphatic carbocycles. The quantitative estimate of drug-likeness (QED) is 0.824. The third-order valence-corrected chi connectivity index (χ3v) is 3.77. The molecule has 0 unspecified atom stereocenters. The Kier molecular flexibility index (Phi) is 5.21. The Morgan fingerprint density at radius 2 is 1.75 bits per heavy atom. The van der Waals surface area contributed by atoms with Crippen molar-refractivity contribution >= 4 is 17.9 Å². The molecule has 20 heavy (non-hydrogen) atoms. The van der Waals surface area contributed by atoms with Crippen molar-refractivity contribution < 1.29 is 9.90 Å². The van der Waals surface area contributed by atoms with Crippen LogP contribution in [0.25, 0.3) is 0 Å². The molecule has 3 nitrogen and oxygen atoms in total. The normalized spacial score (nSPS) is 10.7. The van der Waals surface area contributed by atoms with Crippen molar-refractivity contribution in [3.05, 3.63) is 65.7 Å². The Bertz CT molecular complexity index is 554. The Morgan fingerprint density at radius 1 is 1.10 bits per heavy atom. The van der Waals surface area contributed by atoms with E-state index in [-0.39, 0.29) is 6.54 Å². The van der Waals surface area contributed by atoms with Crippen molar-refractivity contribution in [2.45, 2.75) is 18.4 Å². The van der Waals surface area contributed by atoms with E-state index < -0.39 is 5.97 Å². The van der Waals surface area contributed by atoms with Gasteiger partial charge >= 0.3 is 5.97 Å². The standard InChI is InChI=1S/C16H17NO2S/c1-13-7-9-15(10-8-13)20-17(12-16(18)19)11-14-5-3-2-4-6-14/h2-10H,11-12H2,1H3,(H,18,19). The van der Waals surface area contributed by atoms with Gasteiger partial charge in [-0.3, -0.25) is 4.79 Å². The molecular formula is C16H17NO2S. The van der Waals surface area contributed by atoms with Gasteiger partial charge in [0.15, 0.2) is 0 Å². The fourth-order valence-electron chi connectivity index (χ4n) is 1.81. The van der Waals surface area contributed by atoms with E-state index in [4.69, 9.17) is 5.11 Å². The lowest BCUT2D eigenvalue weighted by molar-refractivity contribution is -0.137. The molecule has 0 amide bonds. The number of hydrogen-bond donors (Lipinski definition) is 1. The van der Waals surface area contributed by atoms with Gasteiger partial charge < -0.3 is 5.11 Å². The topological polar surface area (TPSA) is 40.5 Å². The van der Waals surface area contributed by atoms with Crippen LogP contribution in [0.2, 0.25) is 0 Å². The summed E-state index contributed by atoms with van der Waals surface area (Å²) in [5, 5.41) is 9.03. The van der Waals surface area contributed by atoms with E-state index in [9.17, 15) is 4.79 Å². The summed E-state index contributed by atoms with van der Waals surface area (Å²) in [5.74, 6) is -0.819. The van der Waals surface area contributed by atoms with Crippen molar-refractivity contribution in [2.75, 3.05) is 6.54 Å². The van der Waals surface area contributed by atoms with Crippen LogP contribution >= 0.6 is 11.9 Å². The molecule has 0 aromatic heterocycles. The lowest BCUT2D eigenvalue weighted by Crippen LogP contribution is -2.23.